The number of hydrogen-bond acceptors (Lipinski definition) is 5. The number of ether oxygens (including phenoxy) is 2. The zero-order valence-corrected chi connectivity index (χ0v) is 17.7. The van der Waals surface area contributed by atoms with Crippen molar-refractivity contribution in [3.8, 4) is 5.75 Å². The Bertz CT molecular complexity index is 826. The van der Waals surface area contributed by atoms with Crippen LogP contribution >= 0.6 is 0 Å². The van der Waals surface area contributed by atoms with Gasteiger partial charge in [-0.1, -0.05) is 18.2 Å². The number of nitrogens with zero attached hydrogens (tertiary/aromatic N) is 2. The first-order valence-electron chi connectivity index (χ1n) is 10.8. The average molecular weight is 410 g/mol. The Kier molecular flexibility index (Phi) is 6.87. The zero-order valence-electron chi connectivity index (χ0n) is 17.7. The van der Waals surface area contributed by atoms with Gasteiger partial charge in [0.05, 0.1) is 6.10 Å². The number of amides is 1. The van der Waals surface area contributed by atoms with Crippen LogP contribution in [0.2, 0.25) is 0 Å². The van der Waals surface area contributed by atoms with Crippen LogP contribution in [0.15, 0.2) is 48.5 Å². The number of carbonyl (C=O) groups excluding carboxylic acids is 1. The Balaban J connectivity index is 1.31. The Hall–Kier alpha value is -2.57. The molecule has 2 aliphatic rings. The third-order valence-corrected chi connectivity index (χ3v) is 5.85. The van der Waals surface area contributed by atoms with Crippen molar-refractivity contribution in [2.24, 2.45) is 0 Å². The van der Waals surface area contributed by atoms with Crippen molar-refractivity contribution >= 4 is 11.6 Å². The molecular formula is C24H31N3O3. The average Bonchev–Trinajstić information content (AvgIpc) is 3.31. The van der Waals surface area contributed by atoms with E-state index in [1.165, 1.54) is 5.69 Å². The molecule has 0 saturated carbocycles. The minimum Gasteiger partial charge on any atom is -0.491 e. The second-order valence-corrected chi connectivity index (χ2v) is 8.07. The summed E-state index contributed by atoms with van der Waals surface area (Å²) in [5.74, 6) is 0.691. The minimum absolute atomic E-state index is 0.0751. The van der Waals surface area contributed by atoms with Gasteiger partial charge in [0, 0.05) is 50.6 Å². The van der Waals surface area contributed by atoms with E-state index in [9.17, 15) is 4.79 Å². The fraction of sp³-hybridized carbons (Fsp3) is 0.458. The quantitative estimate of drug-likeness (QED) is 0.762. The largest absolute Gasteiger partial charge is 0.491 e. The molecule has 2 saturated heterocycles. The summed E-state index contributed by atoms with van der Waals surface area (Å²) in [7, 11) is 2.16. The monoisotopic (exact) mass is 409 g/mol. The van der Waals surface area contributed by atoms with Gasteiger partial charge >= 0.3 is 0 Å². The number of nitrogens with one attached hydrogen (secondary N) is 1. The zero-order chi connectivity index (χ0) is 20.8. The van der Waals surface area contributed by atoms with Crippen molar-refractivity contribution < 1.29 is 14.3 Å². The van der Waals surface area contributed by atoms with Gasteiger partial charge in [0.15, 0.2) is 0 Å². The number of rotatable bonds is 7. The predicted molar refractivity (Wildman–Crippen MR) is 118 cm³/mol. The lowest BCUT2D eigenvalue weighted by atomic mass is 10.1. The molecule has 160 valence electrons. The number of likely N-dealkylation sites (N-methyl/N-ethyl adjacent to an activating group) is 1. The van der Waals surface area contributed by atoms with Crippen LogP contribution in [0, 0.1) is 0 Å². The normalized spacial score (nSPS) is 19.6. The highest BCUT2D eigenvalue weighted by Crippen LogP contribution is 2.22. The van der Waals surface area contributed by atoms with Gasteiger partial charge in [0.25, 0.3) is 5.91 Å². The van der Waals surface area contributed by atoms with Gasteiger partial charge in [-0.15, -0.1) is 0 Å². The van der Waals surface area contributed by atoms with Crippen molar-refractivity contribution in [3.05, 3.63) is 59.7 Å². The second kappa shape index (κ2) is 9.96. The summed E-state index contributed by atoms with van der Waals surface area (Å²) in [6, 6.07) is 15.7. The van der Waals surface area contributed by atoms with E-state index in [0.29, 0.717) is 18.7 Å². The maximum atomic E-state index is 12.6. The molecule has 0 aliphatic carbocycles. The van der Waals surface area contributed by atoms with E-state index in [-0.39, 0.29) is 12.0 Å². The molecule has 0 bridgehead atoms. The first-order valence-corrected chi connectivity index (χ1v) is 10.8. The molecule has 1 unspecified atom stereocenters. The lowest BCUT2D eigenvalue weighted by Crippen LogP contribution is -2.45. The van der Waals surface area contributed by atoms with Crippen LogP contribution in [-0.4, -0.2) is 63.4 Å². The van der Waals surface area contributed by atoms with E-state index in [1.54, 1.807) is 0 Å². The van der Waals surface area contributed by atoms with Crippen LogP contribution in [0.4, 0.5) is 5.69 Å². The number of carbonyl (C=O) groups is 1. The van der Waals surface area contributed by atoms with Gasteiger partial charge in [-0.2, -0.15) is 0 Å². The highest BCUT2D eigenvalue weighted by atomic mass is 16.5. The summed E-state index contributed by atoms with van der Waals surface area (Å²) >= 11 is 0. The number of piperazine rings is 1. The van der Waals surface area contributed by atoms with Gasteiger partial charge in [-0.25, -0.2) is 0 Å². The molecule has 0 radical (unpaired) electrons. The molecule has 2 fully saturated rings. The molecule has 6 nitrogen and oxygen atoms in total. The van der Waals surface area contributed by atoms with Gasteiger partial charge < -0.3 is 24.6 Å². The summed E-state index contributed by atoms with van der Waals surface area (Å²) < 4.78 is 11.4. The molecule has 2 heterocycles. The van der Waals surface area contributed by atoms with Crippen LogP contribution in [0.5, 0.6) is 5.75 Å². The topological polar surface area (TPSA) is 54.0 Å². The molecule has 0 spiro atoms. The fourth-order valence-corrected chi connectivity index (χ4v) is 3.96. The molecule has 6 heteroatoms. The van der Waals surface area contributed by atoms with Crippen molar-refractivity contribution in [2.75, 3.05) is 51.3 Å². The Labute approximate surface area is 178 Å². The maximum Gasteiger partial charge on any atom is 0.251 e. The summed E-state index contributed by atoms with van der Waals surface area (Å²) in [5, 5.41) is 3.06. The molecule has 0 aromatic heterocycles. The third kappa shape index (κ3) is 5.32. The molecule has 1 N–H and O–H groups in total. The predicted octanol–water partition coefficient (Wildman–Crippen LogP) is 2.93. The van der Waals surface area contributed by atoms with Crippen LogP contribution in [0.25, 0.3) is 0 Å². The molecule has 1 atom stereocenters. The van der Waals surface area contributed by atoms with Crippen LogP contribution in [0.3, 0.4) is 0 Å². The van der Waals surface area contributed by atoms with Crippen molar-refractivity contribution in [1.29, 1.82) is 0 Å². The first-order chi connectivity index (χ1) is 14.7. The Morgan fingerprint density at radius 1 is 1.10 bits per heavy atom. The smallest absolute Gasteiger partial charge is 0.251 e. The Morgan fingerprint density at radius 2 is 1.87 bits per heavy atom. The van der Waals surface area contributed by atoms with E-state index in [0.717, 1.165) is 56.9 Å². The van der Waals surface area contributed by atoms with E-state index >= 15 is 0 Å². The molecule has 1 amide bonds. The first kappa shape index (κ1) is 20.7. The number of anilines is 1. The highest BCUT2D eigenvalue weighted by Gasteiger charge is 2.18. The summed E-state index contributed by atoms with van der Waals surface area (Å²) in [4.78, 5) is 17.4. The summed E-state index contributed by atoms with van der Waals surface area (Å²) in [6.07, 6.45) is 2.34. The summed E-state index contributed by atoms with van der Waals surface area (Å²) in [6.45, 7) is 6.03. The second-order valence-electron chi connectivity index (χ2n) is 8.07. The summed E-state index contributed by atoms with van der Waals surface area (Å²) in [5.41, 5.74) is 2.99. The van der Waals surface area contributed by atoms with Gasteiger partial charge in [0.2, 0.25) is 0 Å². The van der Waals surface area contributed by atoms with Crippen LogP contribution in [-0.2, 0) is 11.3 Å². The fourth-order valence-electron chi connectivity index (χ4n) is 3.96. The third-order valence-electron chi connectivity index (χ3n) is 5.85. The molecule has 2 aromatic rings. The number of hydrogen-bond donors (Lipinski definition) is 1. The molecule has 2 aromatic carbocycles. The highest BCUT2D eigenvalue weighted by molar-refractivity contribution is 5.94. The van der Waals surface area contributed by atoms with E-state index in [4.69, 9.17) is 9.47 Å². The molecule has 2 aliphatic heterocycles. The van der Waals surface area contributed by atoms with Gasteiger partial charge in [-0.3, -0.25) is 4.79 Å². The van der Waals surface area contributed by atoms with E-state index in [1.807, 2.05) is 30.3 Å². The van der Waals surface area contributed by atoms with Gasteiger partial charge in [0.1, 0.15) is 12.4 Å². The molecule has 4 rings (SSSR count). The number of para-hydroxylation sites is 1. The minimum atomic E-state index is -0.0751. The molecule has 30 heavy (non-hydrogen) atoms. The van der Waals surface area contributed by atoms with Gasteiger partial charge in [-0.05, 0) is 55.8 Å². The van der Waals surface area contributed by atoms with Crippen LogP contribution in [0.1, 0.15) is 28.8 Å². The lowest BCUT2D eigenvalue weighted by molar-refractivity contribution is 0.0679. The Morgan fingerprint density at radius 3 is 2.60 bits per heavy atom. The van der Waals surface area contributed by atoms with E-state index in [2.05, 4.69) is 40.4 Å². The molecular weight excluding hydrogens is 378 g/mol. The number of benzene rings is 2. The lowest BCUT2D eigenvalue weighted by Gasteiger charge is -2.35. The van der Waals surface area contributed by atoms with Crippen molar-refractivity contribution in [3.63, 3.8) is 0 Å². The standard InChI is InChI=1S/C24H31N3O3/c1-26-12-14-27(15-13-26)23-7-3-2-5-20(23)17-25-24(28)19-8-10-21(11-9-19)30-18-22-6-4-16-29-22/h2-3,5,7-11,22H,4,6,12-18H2,1H3,(H,25,28). The van der Waals surface area contributed by atoms with Crippen LogP contribution < -0.4 is 15.0 Å². The van der Waals surface area contributed by atoms with Crippen molar-refractivity contribution in [2.45, 2.75) is 25.5 Å². The maximum absolute atomic E-state index is 12.6. The van der Waals surface area contributed by atoms with Crippen molar-refractivity contribution in [1.82, 2.24) is 10.2 Å². The SMILES string of the molecule is CN1CCN(c2ccccc2CNC(=O)c2ccc(OCC3CCCO3)cc2)CC1. The van der Waals surface area contributed by atoms with E-state index < -0.39 is 0 Å².